The Balaban J connectivity index is 1.78. The van der Waals surface area contributed by atoms with Gasteiger partial charge in [0.05, 0.1) is 12.0 Å². The van der Waals surface area contributed by atoms with Gasteiger partial charge in [0, 0.05) is 11.8 Å². The van der Waals surface area contributed by atoms with Gasteiger partial charge in [-0.2, -0.15) is 0 Å². The predicted octanol–water partition coefficient (Wildman–Crippen LogP) is 3.12. The molecule has 6 atom stereocenters. The molecular weight excluding hydrogens is 348 g/mol. The van der Waals surface area contributed by atoms with E-state index in [2.05, 4.69) is 13.8 Å². The van der Waals surface area contributed by atoms with Crippen LogP contribution in [0.15, 0.2) is 0 Å². The molecule has 2 aliphatic carbocycles. The molecule has 3 aliphatic rings. The van der Waals surface area contributed by atoms with Gasteiger partial charge in [0.25, 0.3) is 0 Å². The standard InChI is InChI=1S/C21H32O6/c1-7-25-18(23)21-10-13-8-14(21)16(27-19(21)24)15(13)26-17(22)20(6,12(4)5)9-11(2)3/h11-16H,7-10H2,1-6H3. The number of hydrogen-bond donors (Lipinski definition) is 0. The van der Waals surface area contributed by atoms with Gasteiger partial charge in [-0.25, -0.2) is 0 Å². The first-order valence-corrected chi connectivity index (χ1v) is 10.2. The zero-order chi connectivity index (χ0) is 20.1. The van der Waals surface area contributed by atoms with Crippen molar-refractivity contribution < 1.29 is 28.6 Å². The Morgan fingerprint density at radius 3 is 2.52 bits per heavy atom. The van der Waals surface area contributed by atoms with Crippen molar-refractivity contribution >= 4 is 17.9 Å². The van der Waals surface area contributed by atoms with Crippen LogP contribution in [0, 0.1) is 34.5 Å². The summed E-state index contributed by atoms with van der Waals surface area (Å²) in [5.74, 6) is -1.00. The fourth-order valence-electron chi connectivity index (χ4n) is 5.35. The summed E-state index contributed by atoms with van der Waals surface area (Å²) in [6.07, 6.45) is 0.769. The quantitative estimate of drug-likeness (QED) is 0.384. The van der Waals surface area contributed by atoms with E-state index in [0.717, 1.165) is 6.42 Å². The summed E-state index contributed by atoms with van der Waals surface area (Å²) >= 11 is 0. The maximum absolute atomic E-state index is 13.1. The first-order chi connectivity index (χ1) is 12.6. The Kier molecular flexibility index (Phi) is 5.06. The highest BCUT2D eigenvalue weighted by Gasteiger charge is 2.75. The Morgan fingerprint density at radius 1 is 1.30 bits per heavy atom. The van der Waals surface area contributed by atoms with Crippen LogP contribution in [-0.4, -0.2) is 36.7 Å². The Bertz CT molecular complexity index is 641. The lowest BCUT2D eigenvalue weighted by atomic mass is 9.72. The van der Waals surface area contributed by atoms with E-state index in [1.54, 1.807) is 6.92 Å². The van der Waals surface area contributed by atoms with Gasteiger partial charge >= 0.3 is 17.9 Å². The fourth-order valence-corrected chi connectivity index (χ4v) is 5.35. The molecule has 0 aromatic carbocycles. The third-order valence-electron chi connectivity index (χ3n) is 7.02. The van der Waals surface area contributed by atoms with Crippen molar-refractivity contribution in [2.75, 3.05) is 6.61 Å². The molecule has 27 heavy (non-hydrogen) atoms. The van der Waals surface area contributed by atoms with Gasteiger partial charge in [-0.15, -0.1) is 0 Å². The van der Waals surface area contributed by atoms with Gasteiger partial charge in [0.1, 0.15) is 12.2 Å². The lowest BCUT2D eigenvalue weighted by Gasteiger charge is -2.36. The summed E-state index contributed by atoms with van der Waals surface area (Å²) in [5.41, 5.74) is -1.77. The van der Waals surface area contributed by atoms with Crippen LogP contribution in [0.1, 0.15) is 60.8 Å². The molecule has 2 saturated carbocycles. The van der Waals surface area contributed by atoms with Crippen LogP contribution in [0.2, 0.25) is 0 Å². The molecule has 1 saturated heterocycles. The SMILES string of the molecule is CCOC(=O)C12CC3CC1C(OC2=O)C3OC(=O)C(C)(CC(C)C)C(C)C. The fraction of sp³-hybridized carbons (Fsp3) is 0.857. The minimum absolute atomic E-state index is 0.0322. The number of hydrogen-bond acceptors (Lipinski definition) is 6. The number of fused-ring (bicyclic) bond motifs is 1. The van der Waals surface area contributed by atoms with Crippen molar-refractivity contribution in [3.63, 3.8) is 0 Å². The zero-order valence-electron chi connectivity index (χ0n) is 17.2. The topological polar surface area (TPSA) is 78.9 Å². The minimum atomic E-state index is -1.19. The zero-order valence-corrected chi connectivity index (χ0v) is 17.2. The Labute approximate surface area is 161 Å². The van der Waals surface area contributed by atoms with E-state index < -0.39 is 35.0 Å². The van der Waals surface area contributed by atoms with Crippen molar-refractivity contribution in [1.29, 1.82) is 0 Å². The number of ether oxygens (including phenoxy) is 3. The first kappa shape index (κ1) is 20.2. The molecule has 6 heteroatoms. The van der Waals surface area contributed by atoms with Crippen LogP contribution in [0.3, 0.4) is 0 Å². The van der Waals surface area contributed by atoms with Gasteiger partial charge in [-0.1, -0.05) is 27.7 Å². The van der Waals surface area contributed by atoms with Gasteiger partial charge in [0.15, 0.2) is 5.41 Å². The first-order valence-electron chi connectivity index (χ1n) is 10.2. The van der Waals surface area contributed by atoms with E-state index in [-0.39, 0.29) is 30.3 Å². The second-order valence-electron chi connectivity index (χ2n) is 9.41. The van der Waals surface area contributed by atoms with Gasteiger partial charge in [-0.05, 0) is 44.9 Å². The van der Waals surface area contributed by atoms with Crippen molar-refractivity contribution in [1.82, 2.24) is 0 Å². The van der Waals surface area contributed by atoms with E-state index in [4.69, 9.17) is 14.2 Å². The molecule has 2 bridgehead atoms. The van der Waals surface area contributed by atoms with Gasteiger partial charge in [0.2, 0.25) is 0 Å². The molecule has 1 heterocycles. The van der Waals surface area contributed by atoms with Gasteiger partial charge in [-0.3, -0.25) is 14.4 Å². The monoisotopic (exact) mass is 380 g/mol. The average molecular weight is 380 g/mol. The van der Waals surface area contributed by atoms with E-state index in [0.29, 0.717) is 18.8 Å². The van der Waals surface area contributed by atoms with Crippen LogP contribution in [0.5, 0.6) is 0 Å². The number of rotatable bonds is 7. The Hall–Kier alpha value is -1.59. The number of carbonyl (C=O) groups excluding carboxylic acids is 3. The molecule has 0 aromatic rings. The normalized spacial score (nSPS) is 36.1. The van der Waals surface area contributed by atoms with E-state index in [1.165, 1.54) is 0 Å². The molecule has 0 aromatic heterocycles. The Morgan fingerprint density at radius 2 is 1.96 bits per heavy atom. The molecule has 0 spiro atoms. The van der Waals surface area contributed by atoms with E-state index >= 15 is 0 Å². The second kappa shape index (κ2) is 6.78. The molecule has 1 aliphatic heterocycles. The molecule has 152 valence electrons. The highest BCUT2D eigenvalue weighted by Crippen LogP contribution is 2.63. The van der Waals surface area contributed by atoms with Crippen LogP contribution in [-0.2, 0) is 28.6 Å². The largest absolute Gasteiger partial charge is 0.465 e. The molecule has 0 radical (unpaired) electrons. The van der Waals surface area contributed by atoms with Crippen molar-refractivity contribution in [3.8, 4) is 0 Å². The van der Waals surface area contributed by atoms with E-state index in [9.17, 15) is 14.4 Å². The number of carbonyl (C=O) groups is 3. The smallest absolute Gasteiger partial charge is 0.324 e. The third-order valence-corrected chi connectivity index (χ3v) is 7.02. The van der Waals surface area contributed by atoms with Crippen LogP contribution in [0.25, 0.3) is 0 Å². The summed E-state index contributed by atoms with van der Waals surface area (Å²) in [4.78, 5) is 38.1. The molecule has 6 nitrogen and oxygen atoms in total. The highest BCUT2D eigenvalue weighted by molar-refractivity contribution is 6.03. The lowest BCUT2D eigenvalue weighted by Crippen LogP contribution is -2.47. The average Bonchev–Trinajstić information content (AvgIpc) is 3.16. The highest BCUT2D eigenvalue weighted by atomic mass is 16.6. The molecule has 3 rings (SSSR count). The van der Waals surface area contributed by atoms with Crippen molar-refractivity contribution in [2.45, 2.75) is 73.0 Å². The van der Waals surface area contributed by atoms with Gasteiger partial charge < -0.3 is 14.2 Å². The molecule has 6 unspecified atom stereocenters. The summed E-state index contributed by atoms with van der Waals surface area (Å²) in [6, 6.07) is 0. The lowest BCUT2D eigenvalue weighted by molar-refractivity contribution is -0.174. The van der Waals surface area contributed by atoms with Crippen LogP contribution >= 0.6 is 0 Å². The predicted molar refractivity (Wildman–Crippen MR) is 97.4 cm³/mol. The van der Waals surface area contributed by atoms with Crippen LogP contribution < -0.4 is 0 Å². The number of esters is 3. The second-order valence-corrected chi connectivity index (χ2v) is 9.41. The van der Waals surface area contributed by atoms with Crippen molar-refractivity contribution in [3.05, 3.63) is 0 Å². The molecule has 3 fully saturated rings. The van der Waals surface area contributed by atoms with Crippen LogP contribution in [0.4, 0.5) is 0 Å². The molecule has 0 amide bonds. The summed E-state index contributed by atoms with van der Waals surface area (Å²) in [5, 5.41) is 0. The van der Waals surface area contributed by atoms with E-state index in [1.807, 2.05) is 20.8 Å². The molecular formula is C21H32O6. The third kappa shape index (κ3) is 2.87. The van der Waals surface area contributed by atoms with Crippen molar-refractivity contribution in [2.24, 2.45) is 34.5 Å². The summed E-state index contributed by atoms with van der Waals surface area (Å²) in [7, 11) is 0. The minimum Gasteiger partial charge on any atom is -0.465 e. The maximum atomic E-state index is 13.1. The summed E-state index contributed by atoms with van der Waals surface area (Å²) < 4.78 is 16.7. The summed E-state index contributed by atoms with van der Waals surface area (Å²) in [6.45, 7) is 12.2. The molecule has 0 N–H and O–H groups in total. The maximum Gasteiger partial charge on any atom is 0.324 e.